The normalized spacial score (nSPS) is 32.7. The average molecular weight is 243 g/mol. The van der Waals surface area contributed by atoms with Gasteiger partial charge in [0.05, 0.1) is 7.11 Å². The van der Waals surface area contributed by atoms with Crippen LogP contribution in [0.4, 0.5) is 0 Å². The summed E-state index contributed by atoms with van der Waals surface area (Å²) in [5.41, 5.74) is 3.04. The van der Waals surface area contributed by atoms with Gasteiger partial charge in [-0.2, -0.15) is 0 Å². The summed E-state index contributed by atoms with van der Waals surface area (Å²) < 4.78 is 5.39. The van der Waals surface area contributed by atoms with Crippen molar-refractivity contribution >= 4 is 0 Å². The molecule has 2 unspecified atom stereocenters. The van der Waals surface area contributed by atoms with Crippen LogP contribution in [0.5, 0.6) is 5.75 Å². The molecule has 1 aromatic carbocycles. The molecular formula is C16H21NO. The molecule has 18 heavy (non-hydrogen) atoms. The Kier molecular flexibility index (Phi) is 2.53. The molecule has 2 nitrogen and oxygen atoms in total. The summed E-state index contributed by atoms with van der Waals surface area (Å²) >= 11 is 0. The summed E-state index contributed by atoms with van der Waals surface area (Å²) in [7, 11) is 6.12. The molecule has 3 atom stereocenters. The van der Waals surface area contributed by atoms with Crippen LogP contribution < -0.4 is 4.74 Å². The van der Waals surface area contributed by atoms with Crippen LogP contribution in [-0.2, 0) is 11.8 Å². The monoisotopic (exact) mass is 243 g/mol. The van der Waals surface area contributed by atoms with Crippen LogP contribution in [0.2, 0.25) is 0 Å². The average Bonchev–Trinajstić information content (AvgIpc) is 2.61. The lowest BCUT2D eigenvalue weighted by molar-refractivity contribution is 0.174. The highest BCUT2D eigenvalue weighted by Crippen LogP contribution is 2.48. The van der Waals surface area contributed by atoms with Crippen molar-refractivity contribution in [2.45, 2.75) is 24.8 Å². The molecule has 0 N–H and O–H groups in total. The Labute approximate surface area is 109 Å². The third-order valence-electron chi connectivity index (χ3n) is 4.62. The minimum atomic E-state index is 0.121. The van der Waals surface area contributed by atoms with Crippen LogP contribution in [0.1, 0.15) is 18.1 Å². The molecule has 2 aliphatic rings. The molecule has 1 aromatic rings. The van der Waals surface area contributed by atoms with Gasteiger partial charge in [-0.1, -0.05) is 25.1 Å². The molecule has 0 amide bonds. The lowest BCUT2D eigenvalue weighted by Gasteiger charge is -2.44. The van der Waals surface area contributed by atoms with E-state index >= 15 is 0 Å². The maximum absolute atomic E-state index is 5.39. The highest BCUT2D eigenvalue weighted by molar-refractivity contribution is 5.50. The van der Waals surface area contributed by atoms with Gasteiger partial charge in [0.15, 0.2) is 0 Å². The van der Waals surface area contributed by atoms with E-state index in [-0.39, 0.29) is 5.41 Å². The predicted octanol–water partition coefficient (Wildman–Crippen LogP) is 2.63. The zero-order valence-electron chi connectivity index (χ0n) is 11.6. The molecule has 2 aliphatic carbocycles. The Morgan fingerprint density at radius 2 is 2.11 bits per heavy atom. The van der Waals surface area contributed by atoms with Crippen molar-refractivity contribution in [1.82, 2.24) is 4.90 Å². The maximum Gasteiger partial charge on any atom is 0.119 e. The standard InChI is InChI=1S/C16H21NO/c1-16-8-7-12(15(16)17(2)3)9-11-5-6-13(18-4)10-14(11)16/h5-8,10,12,15H,9H2,1-4H3/t12?,15?,16-/m1/s1. The lowest BCUT2D eigenvalue weighted by atomic mass is 9.68. The first-order valence-corrected chi connectivity index (χ1v) is 6.59. The molecule has 2 heteroatoms. The first-order chi connectivity index (χ1) is 8.56. The smallest absolute Gasteiger partial charge is 0.119 e. The van der Waals surface area contributed by atoms with Crippen molar-refractivity contribution in [3.63, 3.8) is 0 Å². The predicted molar refractivity (Wildman–Crippen MR) is 74.2 cm³/mol. The molecule has 0 saturated carbocycles. The second kappa shape index (κ2) is 3.86. The summed E-state index contributed by atoms with van der Waals surface area (Å²) in [6, 6.07) is 7.10. The summed E-state index contributed by atoms with van der Waals surface area (Å²) in [6.45, 7) is 2.35. The minimum Gasteiger partial charge on any atom is -0.497 e. The molecular weight excluding hydrogens is 222 g/mol. The van der Waals surface area contributed by atoms with Gasteiger partial charge in [0.25, 0.3) is 0 Å². The summed E-state index contributed by atoms with van der Waals surface area (Å²) in [4.78, 5) is 2.37. The first kappa shape index (κ1) is 11.8. The topological polar surface area (TPSA) is 12.5 Å². The van der Waals surface area contributed by atoms with Crippen molar-refractivity contribution in [2.24, 2.45) is 5.92 Å². The van der Waals surface area contributed by atoms with Gasteiger partial charge in [-0.3, -0.25) is 0 Å². The van der Waals surface area contributed by atoms with Gasteiger partial charge >= 0.3 is 0 Å². The fourth-order valence-corrected chi connectivity index (χ4v) is 3.94. The van der Waals surface area contributed by atoms with Crippen LogP contribution >= 0.6 is 0 Å². The number of rotatable bonds is 2. The van der Waals surface area contributed by atoms with Gasteiger partial charge in [-0.25, -0.2) is 0 Å². The van der Waals surface area contributed by atoms with E-state index in [2.05, 4.69) is 56.3 Å². The van der Waals surface area contributed by atoms with Crippen LogP contribution in [0.3, 0.4) is 0 Å². The van der Waals surface area contributed by atoms with Gasteiger partial charge in [-0.15, -0.1) is 0 Å². The molecule has 0 saturated heterocycles. The zero-order chi connectivity index (χ0) is 12.9. The van der Waals surface area contributed by atoms with E-state index in [0.717, 1.165) is 12.2 Å². The van der Waals surface area contributed by atoms with Crippen molar-refractivity contribution < 1.29 is 4.74 Å². The molecule has 0 aliphatic heterocycles. The van der Waals surface area contributed by atoms with E-state index in [4.69, 9.17) is 4.74 Å². The van der Waals surface area contributed by atoms with Crippen molar-refractivity contribution in [3.05, 3.63) is 41.5 Å². The Hall–Kier alpha value is -1.28. The van der Waals surface area contributed by atoms with Gasteiger partial charge in [0, 0.05) is 11.5 Å². The van der Waals surface area contributed by atoms with Gasteiger partial charge in [-0.05, 0) is 49.7 Å². The van der Waals surface area contributed by atoms with Crippen LogP contribution in [0, 0.1) is 5.92 Å². The second-order valence-corrected chi connectivity index (χ2v) is 5.94. The highest BCUT2D eigenvalue weighted by Gasteiger charge is 2.48. The Bertz CT molecular complexity index is 506. The number of hydrogen-bond acceptors (Lipinski definition) is 2. The molecule has 0 radical (unpaired) electrons. The van der Waals surface area contributed by atoms with Crippen LogP contribution in [0.25, 0.3) is 0 Å². The molecule has 2 bridgehead atoms. The lowest BCUT2D eigenvalue weighted by Crippen LogP contribution is -2.49. The molecule has 0 fully saturated rings. The minimum absolute atomic E-state index is 0.121. The van der Waals surface area contributed by atoms with Crippen molar-refractivity contribution in [2.75, 3.05) is 21.2 Å². The van der Waals surface area contributed by atoms with E-state index in [1.807, 2.05) is 0 Å². The third-order valence-corrected chi connectivity index (χ3v) is 4.62. The largest absolute Gasteiger partial charge is 0.497 e. The number of fused-ring (bicyclic) bond motifs is 4. The Morgan fingerprint density at radius 3 is 2.78 bits per heavy atom. The van der Waals surface area contributed by atoms with Crippen LogP contribution in [-0.4, -0.2) is 32.1 Å². The molecule has 0 spiro atoms. The van der Waals surface area contributed by atoms with Gasteiger partial charge in [0.1, 0.15) is 5.75 Å². The fourth-order valence-electron chi connectivity index (χ4n) is 3.94. The number of likely N-dealkylation sites (N-methyl/N-ethyl adjacent to an activating group) is 1. The number of nitrogens with zero attached hydrogens (tertiary/aromatic N) is 1. The summed E-state index contributed by atoms with van der Waals surface area (Å²) in [5.74, 6) is 1.61. The number of ether oxygens (including phenoxy) is 1. The van der Waals surface area contributed by atoms with Crippen LogP contribution in [0.15, 0.2) is 30.4 Å². The number of methoxy groups -OCH3 is 1. The zero-order valence-corrected chi connectivity index (χ0v) is 11.6. The molecule has 3 rings (SSSR count). The SMILES string of the molecule is COc1ccc2c(c1)[C@@]1(C)C=CC(C2)C1N(C)C. The Balaban J connectivity index is 2.15. The van der Waals surface area contributed by atoms with E-state index in [1.165, 1.54) is 11.1 Å². The second-order valence-electron chi connectivity index (χ2n) is 5.94. The number of benzene rings is 1. The summed E-state index contributed by atoms with van der Waals surface area (Å²) in [6.07, 6.45) is 5.94. The first-order valence-electron chi connectivity index (χ1n) is 6.59. The highest BCUT2D eigenvalue weighted by atomic mass is 16.5. The van der Waals surface area contributed by atoms with Gasteiger partial charge < -0.3 is 9.64 Å². The van der Waals surface area contributed by atoms with Crippen molar-refractivity contribution in [3.8, 4) is 5.75 Å². The number of hydrogen-bond donors (Lipinski definition) is 0. The molecule has 0 aromatic heterocycles. The quantitative estimate of drug-likeness (QED) is 0.740. The summed E-state index contributed by atoms with van der Waals surface area (Å²) in [5, 5.41) is 0. The van der Waals surface area contributed by atoms with Crippen molar-refractivity contribution in [1.29, 1.82) is 0 Å². The fraction of sp³-hybridized carbons (Fsp3) is 0.500. The van der Waals surface area contributed by atoms with E-state index < -0.39 is 0 Å². The third kappa shape index (κ3) is 1.45. The Morgan fingerprint density at radius 1 is 1.33 bits per heavy atom. The van der Waals surface area contributed by atoms with E-state index in [1.54, 1.807) is 7.11 Å². The van der Waals surface area contributed by atoms with Gasteiger partial charge in [0.2, 0.25) is 0 Å². The molecule has 96 valence electrons. The molecule has 0 heterocycles. The van der Waals surface area contributed by atoms with E-state index in [9.17, 15) is 0 Å². The maximum atomic E-state index is 5.39. The van der Waals surface area contributed by atoms with E-state index in [0.29, 0.717) is 12.0 Å².